The molecule has 0 unspecified atom stereocenters. The lowest BCUT2D eigenvalue weighted by Crippen LogP contribution is -2.49. The van der Waals surface area contributed by atoms with Crippen LogP contribution in [0.1, 0.15) is 5.56 Å². The summed E-state index contributed by atoms with van der Waals surface area (Å²) in [4.78, 5) is 7.60. The van der Waals surface area contributed by atoms with Gasteiger partial charge in [-0.15, -0.1) is 0 Å². The Hall–Kier alpha value is -7.49. The first-order valence-electron chi connectivity index (χ1n) is 20.0. The van der Waals surface area contributed by atoms with Crippen molar-refractivity contribution in [2.24, 2.45) is 0 Å². The molecule has 0 N–H and O–H groups in total. The highest BCUT2D eigenvalue weighted by Crippen LogP contribution is 2.43. The number of benzene rings is 8. The predicted molar refractivity (Wildman–Crippen MR) is 246 cm³/mol. The molecule has 0 amide bonds. The molecule has 0 bridgehead atoms. The quantitative estimate of drug-likeness (QED) is 0.158. The molecule has 58 heavy (non-hydrogen) atoms. The first-order chi connectivity index (χ1) is 28.7. The maximum absolute atomic E-state index is 5.14. The fraction of sp³-hybridized carbons (Fsp3) is 0. The monoisotopic (exact) mass is 736 g/mol. The van der Waals surface area contributed by atoms with Gasteiger partial charge in [0.15, 0.2) is 0 Å². The Morgan fingerprint density at radius 2 is 0.931 bits per heavy atom. The van der Waals surface area contributed by atoms with E-state index >= 15 is 0 Å². The highest BCUT2D eigenvalue weighted by Gasteiger charge is 2.35. The van der Waals surface area contributed by atoms with Crippen LogP contribution in [0.4, 0.5) is 5.69 Å². The molecule has 0 saturated heterocycles. The van der Waals surface area contributed by atoms with E-state index in [0.29, 0.717) is 0 Å². The zero-order valence-corrected chi connectivity index (χ0v) is 31.8. The highest BCUT2D eigenvalue weighted by molar-refractivity contribution is 6.84. The minimum atomic E-state index is 0.0539. The van der Waals surface area contributed by atoms with Crippen molar-refractivity contribution < 1.29 is 0 Å². The minimum Gasteiger partial charge on any atom is -0.382 e. The van der Waals surface area contributed by atoms with Crippen molar-refractivity contribution in [2.45, 2.75) is 0 Å². The van der Waals surface area contributed by atoms with E-state index in [4.69, 9.17) is 4.98 Å². The van der Waals surface area contributed by atoms with E-state index in [9.17, 15) is 0 Å². The molecule has 2 aliphatic rings. The molecule has 1 aromatic heterocycles. The smallest absolute Gasteiger partial charge is 0.320 e. The summed E-state index contributed by atoms with van der Waals surface area (Å²) in [5.41, 5.74) is 18.8. The van der Waals surface area contributed by atoms with Gasteiger partial charge in [0.2, 0.25) is 0 Å². The third kappa shape index (κ3) is 5.96. The molecule has 0 spiro atoms. The first-order valence-corrected chi connectivity index (χ1v) is 20.0. The molecule has 0 atom stereocenters. The summed E-state index contributed by atoms with van der Waals surface area (Å²) in [6.07, 6.45) is 4.63. The Kier molecular flexibility index (Phi) is 8.29. The zero-order valence-electron chi connectivity index (χ0n) is 31.8. The number of hydrogen-bond donors (Lipinski definition) is 0. The SMILES string of the molecule is C1=CC(c2cc(-c3ccccc3)nc(-c3ccccc3)c2)=CN2B1c1cccc(-c3cccc(-c4cccc(-c5cccc6ccccc56)c4)c3)c1-c1ccccc12. The molecule has 0 fully saturated rings. The van der Waals surface area contributed by atoms with Crippen molar-refractivity contribution in [1.82, 2.24) is 4.98 Å². The Labute approximate surface area is 339 Å². The number of anilines is 1. The van der Waals surface area contributed by atoms with Crippen molar-refractivity contribution in [3.63, 3.8) is 0 Å². The van der Waals surface area contributed by atoms with Crippen LogP contribution in [0.15, 0.2) is 225 Å². The van der Waals surface area contributed by atoms with Crippen molar-refractivity contribution in [2.75, 3.05) is 4.81 Å². The molecule has 2 nitrogen and oxygen atoms in total. The molecule has 0 radical (unpaired) electrons. The predicted octanol–water partition coefficient (Wildman–Crippen LogP) is 13.4. The molecular formula is C55H37BN2. The van der Waals surface area contributed by atoms with Crippen LogP contribution in [0.5, 0.6) is 0 Å². The minimum absolute atomic E-state index is 0.0539. The van der Waals surface area contributed by atoms with E-state index in [2.05, 4.69) is 229 Å². The summed E-state index contributed by atoms with van der Waals surface area (Å²) in [6, 6.07) is 74.3. The Balaban J connectivity index is 0.986. The van der Waals surface area contributed by atoms with Gasteiger partial charge >= 0.3 is 6.85 Å². The maximum atomic E-state index is 5.14. The highest BCUT2D eigenvalue weighted by atomic mass is 15.1. The average molecular weight is 737 g/mol. The lowest BCUT2D eigenvalue weighted by Gasteiger charge is -2.38. The van der Waals surface area contributed by atoms with Crippen LogP contribution < -0.4 is 10.3 Å². The van der Waals surface area contributed by atoms with Gasteiger partial charge in [0.1, 0.15) is 0 Å². The van der Waals surface area contributed by atoms with E-state index in [1.807, 2.05) is 0 Å². The molecule has 3 heterocycles. The van der Waals surface area contributed by atoms with Crippen molar-refractivity contribution >= 4 is 34.3 Å². The maximum Gasteiger partial charge on any atom is 0.320 e. The van der Waals surface area contributed by atoms with Gasteiger partial charge in [0.05, 0.1) is 11.4 Å². The molecule has 11 rings (SSSR count). The van der Waals surface area contributed by atoms with E-state index < -0.39 is 0 Å². The van der Waals surface area contributed by atoms with Gasteiger partial charge in [-0.1, -0.05) is 188 Å². The standard InChI is InChI=1S/C55H37BN2/c1-3-16-39(17-4-1)52-35-46(36-53(57-52)40-18-5-2-6-19-40)45-31-32-56-51-29-14-28-49(55(51)50-26-9-10-30-54(50)58(56)37-45)44-24-12-22-42(34-44)41-21-11-23-43(33-41)48-27-13-20-38-15-7-8-25-47(38)48/h1-37H. The Morgan fingerprint density at radius 3 is 1.67 bits per heavy atom. The molecular weight excluding hydrogens is 699 g/mol. The van der Waals surface area contributed by atoms with E-state index in [0.717, 1.165) is 33.7 Å². The molecule has 0 saturated carbocycles. The number of para-hydroxylation sites is 1. The number of nitrogens with zero attached hydrogens (tertiary/aromatic N) is 2. The van der Waals surface area contributed by atoms with Crippen LogP contribution in [-0.4, -0.2) is 11.8 Å². The van der Waals surface area contributed by atoms with Crippen LogP contribution in [0.25, 0.3) is 83.4 Å². The Morgan fingerprint density at radius 1 is 0.397 bits per heavy atom. The topological polar surface area (TPSA) is 16.1 Å². The summed E-state index contributed by atoms with van der Waals surface area (Å²) in [5.74, 6) is 2.37. The molecule has 9 aromatic rings. The normalized spacial score (nSPS) is 12.8. The lowest BCUT2D eigenvalue weighted by atomic mass is 9.49. The molecule has 3 heteroatoms. The number of allylic oxidation sites excluding steroid dienone is 2. The van der Waals surface area contributed by atoms with Crippen LogP contribution in [0.2, 0.25) is 0 Å². The summed E-state index contributed by atoms with van der Waals surface area (Å²) >= 11 is 0. The third-order valence-electron chi connectivity index (χ3n) is 11.7. The van der Waals surface area contributed by atoms with Crippen LogP contribution in [0.3, 0.4) is 0 Å². The summed E-state index contributed by atoms with van der Waals surface area (Å²) in [7, 11) is 0. The molecule has 0 aliphatic carbocycles. The third-order valence-corrected chi connectivity index (χ3v) is 11.7. The second-order valence-corrected chi connectivity index (χ2v) is 15.1. The van der Waals surface area contributed by atoms with Crippen LogP contribution in [-0.2, 0) is 0 Å². The van der Waals surface area contributed by atoms with Crippen LogP contribution in [0, 0.1) is 0 Å². The Bertz CT molecular complexity index is 3010. The molecule has 2 aliphatic heterocycles. The molecule has 8 aromatic carbocycles. The van der Waals surface area contributed by atoms with Gasteiger partial charge in [-0.2, -0.15) is 0 Å². The number of rotatable bonds is 6. The summed E-state index contributed by atoms with van der Waals surface area (Å²) in [6.45, 7) is 0.0539. The first kappa shape index (κ1) is 33.8. The number of pyridine rings is 1. The largest absolute Gasteiger partial charge is 0.382 e. The van der Waals surface area contributed by atoms with Crippen molar-refractivity contribution in [1.29, 1.82) is 0 Å². The van der Waals surface area contributed by atoms with Gasteiger partial charge in [-0.25, -0.2) is 4.98 Å². The van der Waals surface area contributed by atoms with E-state index in [-0.39, 0.29) is 6.85 Å². The summed E-state index contributed by atoms with van der Waals surface area (Å²) < 4.78 is 0. The molecule has 270 valence electrons. The van der Waals surface area contributed by atoms with E-state index in [1.54, 1.807) is 0 Å². The summed E-state index contributed by atoms with van der Waals surface area (Å²) in [5, 5.41) is 2.53. The van der Waals surface area contributed by atoms with Crippen molar-refractivity contribution in [3.05, 3.63) is 230 Å². The van der Waals surface area contributed by atoms with Gasteiger partial charge in [0, 0.05) is 22.4 Å². The fourth-order valence-electron chi connectivity index (χ4n) is 8.89. The average Bonchev–Trinajstić information content (AvgIpc) is 3.31. The number of aromatic nitrogens is 1. The number of hydrogen-bond acceptors (Lipinski definition) is 2. The lowest BCUT2D eigenvalue weighted by molar-refractivity contribution is 1.30. The van der Waals surface area contributed by atoms with Gasteiger partial charge in [-0.3, -0.25) is 0 Å². The van der Waals surface area contributed by atoms with Gasteiger partial charge in [0.25, 0.3) is 0 Å². The van der Waals surface area contributed by atoms with Gasteiger partial charge in [-0.05, 0) is 103 Å². The zero-order chi connectivity index (χ0) is 38.4. The van der Waals surface area contributed by atoms with Crippen LogP contribution >= 0.6 is 0 Å². The second kappa shape index (κ2) is 14.2. The van der Waals surface area contributed by atoms with E-state index in [1.165, 1.54) is 66.4 Å². The number of fused-ring (bicyclic) bond motifs is 7. The van der Waals surface area contributed by atoms with Crippen molar-refractivity contribution in [3.8, 4) is 67.0 Å². The second-order valence-electron chi connectivity index (χ2n) is 15.1. The fourth-order valence-corrected chi connectivity index (χ4v) is 8.89. The van der Waals surface area contributed by atoms with Gasteiger partial charge < -0.3 is 4.81 Å².